The van der Waals surface area contributed by atoms with Crippen LogP contribution in [-0.4, -0.2) is 25.5 Å². The van der Waals surface area contributed by atoms with Gasteiger partial charge in [0.25, 0.3) is 0 Å². The average Bonchev–Trinajstić information content (AvgIpc) is 2.68. The summed E-state index contributed by atoms with van der Waals surface area (Å²) in [6.07, 6.45) is 1.56. The molecule has 0 radical (unpaired) electrons. The smallest absolute Gasteiger partial charge is 0.371 e. The Bertz CT molecular complexity index is 1060. The Balaban J connectivity index is 2.27. The van der Waals surface area contributed by atoms with E-state index in [4.69, 9.17) is 0 Å². The topological polar surface area (TPSA) is 77.5 Å². The van der Waals surface area contributed by atoms with Crippen LogP contribution in [0.25, 0.3) is 0 Å². The van der Waals surface area contributed by atoms with Gasteiger partial charge in [-0.15, -0.1) is 0 Å². The Hall–Kier alpha value is -3.20. The van der Waals surface area contributed by atoms with Crippen molar-refractivity contribution in [1.29, 1.82) is 0 Å². The highest BCUT2D eigenvalue weighted by Gasteiger charge is 2.50. The van der Waals surface area contributed by atoms with Crippen LogP contribution in [-0.2, 0) is 23.9 Å². The quantitative estimate of drug-likeness (QED) is 0.418. The number of benzene rings is 2. The van der Waals surface area contributed by atoms with E-state index in [9.17, 15) is 31.2 Å². The molecule has 5 nitrogen and oxygen atoms in total. The second-order valence-electron chi connectivity index (χ2n) is 6.04. The molecule has 0 saturated heterocycles. The van der Waals surface area contributed by atoms with E-state index in [-0.39, 0.29) is 0 Å². The van der Waals surface area contributed by atoms with E-state index < -0.39 is 44.4 Å². The Labute approximate surface area is 164 Å². The third-order valence-electron chi connectivity index (χ3n) is 4.15. The molecule has 150 valence electrons. The zero-order valence-corrected chi connectivity index (χ0v) is 15.4. The van der Waals surface area contributed by atoms with Gasteiger partial charge in [-0.3, -0.25) is 9.59 Å². The summed E-state index contributed by atoms with van der Waals surface area (Å²) in [4.78, 5) is 24.9. The number of rotatable bonds is 5. The molecule has 2 aromatic rings. The summed E-state index contributed by atoms with van der Waals surface area (Å²) < 4.78 is 65.8. The minimum atomic E-state index is -6.15. The van der Waals surface area contributed by atoms with Gasteiger partial charge in [-0.2, -0.15) is 21.6 Å². The van der Waals surface area contributed by atoms with Gasteiger partial charge in [0, 0.05) is 5.92 Å². The number of hydrogen-bond acceptors (Lipinski definition) is 5. The molecule has 3 rings (SSSR count). The highest BCUT2D eigenvalue weighted by molar-refractivity contribution is 7.87. The molecule has 0 heterocycles. The molecule has 1 aliphatic rings. The molecule has 0 amide bonds. The minimum Gasteiger partial charge on any atom is -0.371 e. The summed E-state index contributed by atoms with van der Waals surface area (Å²) in [7, 11) is -6.15. The zero-order chi connectivity index (χ0) is 21.2. The number of carbonyl (C=O) groups excluding carboxylic acids is 2. The van der Waals surface area contributed by atoms with Crippen molar-refractivity contribution < 1.29 is 35.4 Å². The van der Waals surface area contributed by atoms with E-state index in [1.165, 1.54) is 0 Å². The van der Waals surface area contributed by atoms with Gasteiger partial charge in [0.15, 0.2) is 11.5 Å². The molecule has 0 N–H and O–H groups in total. The maximum absolute atomic E-state index is 12.8. The molecule has 0 aliphatic heterocycles. The fourth-order valence-electron chi connectivity index (χ4n) is 2.89. The lowest BCUT2D eigenvalue weighted by Crippen LogP contribution is -2.30. The fraction of sp³-hybridized carbons (Fsp3) is 0.100. The minimum absolute atomic E-state index is 0.468. The van der Waals surface area contributed by atoms with Crippen molar-refractivity contribution in [2.24, 2.45) is 0 Å². The first kappa shape index (κ1) is 20.5. The highest BCUT2D eigenvalue weighted by atomic mass is 32.2. The van der Waals surface area contributed by atoms with Gasteiger partial charge in [0.1, 0.15) is 0 Å². The van der Waals surface area contributed by atoms with Crippen LogP contribution in [0.4, 0.5) is 13.2 Å². The lowest BCUT2D eigenvalue weighted by Gasteiger charge is -2.24. The lowest BCUT2D eigenvalue weighted by molar-refractivity contribution is -0.117. The van der Waals surface area contributed by atoms with Crippen molar-refractivity contribution in [2.45, 2.75) is 11.4 Å². The van der Waals surface area contributed by atoms with Crippen LogP contribution in [0.3, 0.4) is 0 Å². The molecule has 0 atom stereocenters. The first-order valence-corrected chi connectivity index (χ1v) is 9.64. The Morgan fingerprint density at radius 2 is 1.21 bits per heavy atom. The van der Waals surface area contributed by atoms with Crippen LogP contribution in [0, 0.1) is 0 Å². The molecule has 2 aromatic carbocycles. The van der Waals surface area contributed by atoms with Crippen molar-refractivity contribution >= 4 is 21.7 Å². The molecule has 0 spiro atoms. The van der Waals surface area contributed by atoms with Gasteiger partial charge in [-0.05, 0) is 23.3 Å². The van der Waals surface area contributed by atoms with Crippen molar-refractivity contribution in [3.63, 3.8) is 0 Å². The lowest BCUT2D eigenvalue weighted by atomic mass is 9.80. The van der Waals surface area contributed by atoms with Crippen LogP contribution >= 0.6 is 0 Å². The first-order chi connectivity index (χ1) is 13.6. The fourth-order valence-corrected chi connectivity index (χ4v) is 3.38. The van der Waals surface area contributed by atoms with E-state index in [0.717, 1.165) is 6.08 Å². The second-order valence-corrected chi connectivity index (χ2v) is 7.58. The van der Waals surface area contributed by atoms with Gasteiger partial charge < -0.3 is 4.18 Å². The SMILES string of the molecule is O=C1C=CC(=O)C(C(c2ccccc2)c2ccccc2)=C1OS(=O)(=O)C(F)(F)F. The predicted molar refractivity (Wildman–Crippen MR) is 97.0 cm³/mol. The van der Waals surface area contributed by atoms with Crippen molar-refractivity contribution in [3.8, 4) is 0 Å². The summed E-state index contributed by atoms with van der Waals surface area (Å²) in [5.74, 6) is -4.15. The molecule has 9 heteroatoms. The number of alkyl halides is 3. The third kappa shape index (κ3) is 4.14. The van der Waals surface area contributed by atoms with E-state index >= 15 is 0 Å². The molecule has 29 heavy (non-hydrogen) atoms. The van der Waals surface area contributed by atoms with Gasteiger partial charge in [0.2, 0.25) is 5.78 Å². The van der Waals surface area contributed by atoms with Gasteiger partial charge >= 0.3 is 15.6 Å². The highest BCUT2D eigenvalue weighted by Crippen LogP contribution is 2.38. The summed E-state index contributed by atoms with van der Waals surface area (Å²) in [5.41, 5.74) is -5.31. The van der Waals surface area contributed by atoms with Gasteiger partial charge in [0.05, 0.1) is 5.57 Å². The number of hydrogen-bond donors (Lipinski definition) is 0. The normalized spacial score (nSPS) is 15.2. The number of ketones is 2. The van der Waals surface area contributed by atoms with Gasteiger partial charge in [-0.25, -0.2) is 0 Å². The molecule has 0 saturated carbocycles. The molecule has 0 fully saturated rings. The Morgan fingerprint density at radius 1 is 0.759 bits per heavy atom. The molecular formula is C20H13F3O5S. The van der Waals surface area contributed by atoms with Crippen molar-refractivity contribution in [2.75, 3.05) is 0 Å². The van der Waals surface area contributed by atoms with E-state index in [1.54, 1.807) is 60.7 Å². The first-order valence-electron chi connectivity index (χ1n) is 8.23. The van der Waals surface area contributed by atoms with Crippen LogP contribution in [0.15, 0.2) is 84.1 Å². The zero-order valence-electron chi connectivity index (χ0n) is 14.6. The number of halogens is 3. The van der Waals surface area contributed by atoms with Gasteiger partial charge in [-0.1, -0.05) is 60.7 Å². The third-order valence-corrected chi connectivity index (χ3v) is 5.10. The van der Waals surface area contributed by atoms with Crippen molar-refractivity contribution in [1.82, 2.24) is 0 Å². The summed E-state index contributed by atoms with van der Waals surface area (Å²) in [5, 5.41) is 0. The maximum atomic E-state index is 12.8. The standard InChI is InChI=1S/C20H13F3O5S/c21-20(22,23)29(26,27)28-19-16(25)12-11-15(24)18(19)17(13-7-3-1-4-8-13)14-9-5-2-6-10-14/h1-12,17H. The van der Waals surface area contributed by atoms with Crippen LogP contribution in [0.2, 0.25) is 0 Å². The maximum Gasteiger partial charge on any atom is 0.534 e. The van der Waals surface area contributed by atoms with E-state index in [0.29, 0.717) is 17.2 Å². The van der Waals surface area contributed by atoms with Crippen LogP contribution in [0.5, 0.6) is 0 Å². The van der Waals surface area contributed by atoms with E-state index in [1.807, 2.05) is 0 Å². The molecule has 1 aliphatic carbocycles. The average molecular weight is 422 g/mol. The number of allylic oxidation sites excluding steroid dienone is 3. The molecule has 0 unspecified atom stereocenters. The summed E-state index contributed by atoms with van der Waals surface area (Å²) in [6, 6.07) is 16.4. The Kier molecular flexibility index (Phi) is 5.43. The molecule has 0 aromatic heterocycles. The number of carbonyl (C=O) groups is 2. The monoisotopic (exact) mass is 422 g/mol. The largest absolute Gasteiger partial charge is 0.534 e. The summed E-state index contributed by atoms with van der Waals surface area (Å²) in [6.45, 7) is 0. The second kappa shape index (κ2) is 7.67. The van der Waals surface area contributed by atoms with Crippen LogP contribution < -0.4 is 0 Å². The molecular weight excluding hydrogens is 409 g/mol. The Morgan fingerprint density at radius 3 is 1.66 bits per heavy atom. The van der Waals surface area contributed by atoms with Crippen LogP contribution in [0.1, 0.15) is 17.0 Å². The van der Waals surface area contributed by atoms with E-state index in [2.05, 4.69) is 4.18 Å². The molecule has 0 bridgehead atoms. The predicted octanol–water partition coefficient (Wildman–Crippen LogP) is 3.65. The van der Waals surface area contributed by atoms with Crippen molar-refractivity contribution in [3.05, 3.63) is 95.3 Å². The summed E-state index contributed by atoms with van der Waals surface area (Å²) >= 11 is 0.